The summed E-state index contributed by atoms with van der Waals surface area (Å²) in [7, 11) is -4.08. The second-order valence-electron chi connectivity index (χ2n) is 2.57. The van der Waals surface area contributed by atoms with E-state index in [2.05, 4.69) is 0 Å². The first kappa shape index (κ1) is 12.8. The Morgan fingerprint density at radius 2 is 1.86 bits per heavy atom. The monoisotopic (exact) mass is 254 g/mol. The van der Waals surface area contributed by atoms with E-state index in [0.29, 0.717) is 5.39 Å². The van der Waals surface area contributed by atoms with E-state index in [-0.39, 0.29) is 56.3 Å². The molecule has 0 radical (unpaired) electrons. The molecule has 70 valence electrons. The van der Waals surface area contributed by atoms with Gasteiger partial charge in [0.15, 0.2) is 0 Å². The molecule has 2 rings (SSSR count). The van der Waals surface area contributed by atoms with Crippen LogP contribution in [-0.4, -0.2) is 64.4 Å². The molecule has 1 aromatic heterocycles. The summed E-state index contributed by atoms with van der Waals surface area (Å²) in [5.74, 6) is 0. The van der Waals surface area contributed by atoms with E-state index in [0.717, 1.165) is 4.70 Å². The van der Waals surface area contributed by atoms with Crippen molar-refractivity contribution in [3.63, 3.8) is 0 Å². The number of benzene rings is 1. The molecular weight excluding hydrogens is 247 g/mol. The molecule has 1 heterocycles. The summed E-state index contributed by atoms with van der Waals surface area (Å²) in [5, 5.41) is 2.02. The molecule has 0 spiro atoms. The average Bonchev–Trinajstić information content (AvgIpc) is 2.45. The van der Waals surface area contributed by atoms with Crippen LogP contribution in [0.4, 0.5) is 0 Å². The molecule has 0 bridgehead atoms. The SMILES string of the molecule is O=S(=O)(O)c1csc2ccccc12.[KH]. The van der Waals surface area contributed by atoms with Gasteiger partial charge in [0.1, 0.15) is 4.90 Å². The first-order valence-electron chi connectivity index (χ1n) is 3.53. The first-order valence-corrected chi connectivity index (χ1v) is 5.85. The molecule has 0 saturated heterocycles. The summed E-state index contributed by atoms with van der Waals surface area (Å²) in [4.78, 5) is -0.00639. The fourth-order valence-electron chi connectivity index (χ4n) is 1.15. The van der Waals surface area contributed by atoms with Crippen molar-refractivity contribution < 1.29 is 13.0 Å². The predicted molar refractivity (Wildman–Crippen MR) is 58.8 cm³/mol. The van der Waals surface area contributed by atoms with E-state index in [1.54, 1.807) is 12.1 Å². The normalized spacial score (nSPS) is 11.2. The summed E-state index contributed by atoms with van der Waals surface area (Å²) in [6.45, 7) is 0. The zero-order valence-corrected chi connectivity index (χ0v) is 8.10. The zero-order chi connectivity index (χ0) is 9.47. The third-order valence-electron chi connectivity index (χ3n) is 1.72. The molecule has 3 nitrogen and oxygen atoms in total. The van der Waals surface area contributed by atoms with Gasteiger partial charge in [0.25, 0.3) is 10.1 Å². The number of thiophene rings is 1. The summed E-state index contributed by atoms with van der Waals surface area (Å²) in [6.07, 6.45) is 0. The van der Waals surface area contributed by atoms with E-state index < -0.39 is 10.1 Å². The minimum atomic E-state index is -4.08. The van der Waals surface area contributed by atoms with Gasteiger partial charge in [0, 0.05) is 15.5 Å². The van der Waals surface area contributed by atoms with Gasteiger partial charge in [-0.3, -0.25) is 4.55 Å². The third kappa shape index (κ3) is 2.45. The molecule has 0 unspecified atom stereocenters. The molecule has 0 saturated carbocycles. The fraction of sp³-hybridized carbons (Fsp3) is 0. The standard InChI is InChI=1S/C8H6O3S2.K.H/c9-13(10,11)8-5-12-7-4-2-1-3-6(7)8;;/h1-5H,(H,9,10,11);;. The van der Waals surface area contributed by atoms with Crippen LogP contribution in [0.5, 0.6) is 0 Å². The van der Waals surface area contributed by atoms with Crippen LogP contribution in [0.15, 0.2) is 34.5 Å². The average molecular weight is 254 g/mol. The fourth-order valence-corrected chi connectivity index (χ4v) is 3.13. The zero-order valence-electron chi connectivity index (χ0n) is 6.47. The number of fused-ring (bicyclic) bond motifs is 1. The maximum absolute atomic E-state index is 10.9. The molecule has 0 aliphatic carbocycles. The van der Waals surface area contributed by atoms with Crippen LogP contribution in [0, 0.1) is 0 Å². The Morgan fingerprint density at radius 1 is 1.21 bits per heavy atom. The van der Waals surface area contributed by atoms with Crippen LogP contribution in [0.25, 0.3) is 10.1 Å². The summed E-state index contributed by atoms with van der Waals surface area (Å²) >= 11 is 1.30. The van der Waals surface area contributed by atoms with Crippen molar-refractivity contribution in [3.05, 3.63) is 29.6 Å². The van der Waals surface area contributed by atoms with E-state index in [1.165, 1.54) is 16.7 Å². The second-order valence-corrected chi connectivity index (χ2v) is 4.87. The van der Waals surface area contributed by atoms with Gasteiger partial charge in [-0.05, 0) is 6.07 Å². The van der Waals surface area contributed by atoms with Crippen LogP contribution < -0.4 is 0 Å². The first-order chi connectivity index (χ1) is 6.09. The van der Waals surface area contributed by atoms with Gasteiger partial charge in [-0.2, -0.15) is 8.42 Å². The Labute approximate surface area is 128 Å². The molecule has 0 aliphatic heterocycles. The maximum atomic E-state index is 10.9. The second kappa shape index (κ2) is 4.71. The molecule has 0 fully saturated rings. The Hall–Kier alpha value is 0.726. The topological polar surface area (TPSA) is 54.4 Å². The molecule has 0 amide bonds. The van der Waals surface area contributed by atoms with Crippen molar-refractivity contribution in [3.8, 4) is 0 Å². The van der Waals surface area contributed by atoms with E-state index in [1.807, 2.05) is 12.1 Å². The van der Waals surface area contributed by atoms with Crippen LogP contribution in [0.2, 0.25) is 0 Å². The quantitative estimate of drug-likeness (QED) is 0.620. The number of hydrogen-bond acceptors (Lipinski definition) is 3. The van der Waals surface area contributed by atoms with E-state index in [9.17, 15) is 8.42 Å². The minimum absolute atomic E-state index is 0. The van der Waals surface area contributed by atoms with Crippen molar-refractivity contribution >= 4 is 82.9 Å². The van der Waals surface area contributed by atoms with E-state index in [4.69, 9.17) is 4.55 Å². The van der Waals surface area contributed by atoms with Crippen molar-refractivity contribution in [2.45, 2.75) is 4.90 Å². The van der Waals surface area contributed by atoms with Gasteiger partial charge >= 0.3 is 51.4 Å². The summed E-state index contributed by atoms with van der Waals surface area (Å²) < 4.78 is 31.5. The predicted octanol–water partition coefficient (Wildman–Crippen LogP) is 1.50. The number of rotatable bonds is 1. The van der Waals surface area contributed by atoms with Gasteiger partial charge in [-0.1, -0.05) is 18.2 Å². The van der Waals surface area contributed by atoms with Crippen molar-refractivity contribution in [1.82, 2.24) is 0 Å². The summed E-state index contributed by atoms with van der Waals surface area (Å²) in [5.41, 5.74) is 0. The van der Waals surface area contributed by atoms with Crippen LogP contribution in [0.1, 0.15) is 0 Å². The Bertz CT molecular complexity index is 544. The molecule has 0 aliphatic rings. The Morgan fingerprint density at radius 3 is 2.50 bits per heavy atom. The number of hydrogen-bond donors (Lipinski definition) is 1. The van der Waals surface area contributed by atoms with Gasteiger partial charge in [-0.25, -0.2) is 0 Å². The molecular formula is C8H7KO3S2. The van der Waals surface area contributed by atoms with Crippen molar-refractivity contribution in [1.29, 1.82) is 0 Å². The van der Waals surface area contributed by atoms with Crippen LogP contribution in [0.3, 0.4) is 0 Å². The molecule has 1 aromatic carbocycles. The Kier molecular flexibility index (Phi) is 4.30. The van der Waals surface area contributed by atoms with Crippen molar-refractivity contribution in [2.24, 2.45) is 0 Å². The van der Waals surface area contributed by atoms with Crippen molar-refractivity contribution in [2.75, 3.05) is 0 Å². The third-order valence-corrected chi connectivity index (χ3v) is 3.73. The van der Waals surface area contributed by atoms with Gasteiger partial charge in [0.2, 0.25) is 0 Å². The van der Waals surface area contributed by atoms with E-state index >= 15 is 0 Å². The van der Waals surface area contributed by atoms with Gasteiger partial charge in [-0.15, -0.1) is 11.3 Å². The molecule has 1 N–H and O–H groups in total. The molecule has 2 aromatic rings. The molecule has 0 atom stereocenters. The molecule has 14 heavy (non-hydrogen) atoms. The van der Waals surface area contributed by atoms with Gasteiger partial charge in [0.05, 0.1) is 0 Å². The van der Waals surface area contributed by atoms with Crippen LogP contribution >= 0.6 is 11.3 Å². The van der Waals surface area contributed by atoms with Crippen LogP contribution in [-0.2, 0) is 10.1 Å². The Balaban J connectivity index is 0.000000980. The van der Waals surface area contributed by atoms with Gasteiger partial charge < -0.3 is 0 Å². The summed E-state index contributed by atoms with van der Waals surface area (Å²) in [6, 6.07) is 7.06. The molecule has 6 heteroatoms.